The lowest BCUT2D eigenvalue weighted by Crippen LogP contribution is -2.39. The number of carbonyl (C=O) groups is 2. The molecule has 6 nitrogen and oxygen atoms in total. The maximum absolute atomic E-state index is 10.5. The third kappa shape index (κ3) is 4.75. The lowest BCUT2D eigenvalue weighted by atomic mass is 10.2. The summed E-state index contributed by atoms with van der Waals surface area (Å²) in [7, 11) is 0. The molecule has 0 amide bonds. The molecule has 0 spiro atoms. The summed E-state index contributed by atoms with van der Waals surface area (Å²) in [4.78, 5) is 22.4. The maximum Gasteiger partial charge on any atom is 0.317 e. The zero-order valence-electron chi connectivity index (χ0n) is 8.39. The number of carboxylic acids is 2. The van der Waals surface area contributed by atoms with E-state index in [9.17, 15) is 9.59 Å². The molecule has 1 atom stereocenters. The molecule has 1 aliphatic rings. The van der Waals surface area contributed by atoms with Crippen molar-refractivity contribution in [2.75, 3.05) is 26.2 Å². The molecule has 0 aromatic carbocycles. The van der Waals surface area contributed by atoms with Crippen LogP contribution in [0.25, 0.3) is 0 Å². The molecule has 1 fully saturated rings. The quantitative estimate of drug-likeness (QED) is 0.631. The van der Waals surface area contributed by atoms with Crippen LogP contribution >= 0.6 is 0 Å². The van der Waals surface area contributed by atoms with Crippen LogP contribution in [-0.4, -0.2) is 59.4 Å². The second kappa shape index (κ2) is 5.67. The Kier molecular flexibility index (Phi) is 4.51. The van der Waals surface area contributed by atoms with Gasteiger partial charge in [-0.25, -0.2) is 0 Å². The second-order valence-corrected chi connectivity index (χ2v) is 3.59. The molecule has 0 aromatic rings. The van der Waals surface area contributed by atoms with Crippen LogP contribution in [0.2, 0.25) is 0 Å². The van der Waals surface area contributed by atoms with Crippen LogP contribution in [0.15, 0.2) is 0 Å². The molecular formula is C9H15NO5. The summed E-state index contributed by atoms with van der Waals surface area (Å²) in [5.41, 5.74) is 0. The number of aliphatic carboxylic acids is 2. The minimum Gasteiger partial charge on any atom is -0.480 e. The number of hydrogen-bond acceptors (Lipinski definition) is 4. The van der Waals surface area contributed by atoms with Crippen molar-refractivity contribution in [1.82, 2.24) is 4.90 Å². The number of hydrogen-bond donors (Lipinski definition) is 2. The fourth-order valence-electron chi connectivity index (χ4n) is 1.64. The molecule has 15 heavy (non-hydrogen) atoms. The summed E-state index contributed by atoms with van der Waals surface area (Å²) in [5.74, 6) is -2.04. The Hall–Kier alpha value is -1.14. The van der Waals surface area contributed by atoms with Crippen LogP contribution in [-0.2, 0) is 14.3 Å². The van der Waals surface area contributed by atoms with Gasteiger partial charge in [0.1, 0.15) is 0 Å². The third-order valence-corrected chi connectivity index (χ3v) is 2.20. The van der Waals surface area contributed by atoms with Gasteiger partial charge >= 0.3 is 11.9 Å². The normalized spacial score (nSPS) is 20.7. The van der Waals surface area contributed by atoms with Gasteiger partial charge in [0.15, 0.2) is 0 Å². The zero-order chi connectivity index (χ0) is 11.3. The van der Waals surface area contributed by atoms with Crippen LogP contribution in [0.3, 0.4) is 0 Å². The molecule has 1 saturated heterocycles. The Morgan fingerprint density at radius 1 is 1.27 bits per heavy atom. The molecule has 1 heterocycles. The first-order valence-corrected chi connectivity index (χ1v) is 4.85. The molecule has 0 saturated carbocycles. The van der Waals surface area contributed by atoms with Crippen molar-refractivity contribution in [3.05, 3.63) is 0 Å². The van der Waals surface area contributed by atoms with Crippen molar-refractivity contribution in [1.29, 1.82) is 0 Å². The summed E-state index contributed by atoms with van der Waals surface area (Å²) in [6, 6.07) is 0. The van der Waals surface area contributed by atoms with E-state index in [0.717, 1.165) is 12.8 Å². The van der Waals surface area contributed by atoms with E-state index in [4.69, 9.17) is 14.9 Å². The summed E-state index contributed by atoms with van der Waals surface area (Å²) in [6.07, 6.45) is 1.80. The van der Waals surface area contributed by atoms with Crippen LogP contribution < -0.4 is 0 Å². The highest BCUT2D eigenvalue weighted by molar-refractivity contribution is 5.72. The molecular weight excluding hydrogens is 202 g/mol. The summed E-state index contributed by atoms with van der Waals surface area (Å²) < 4.78 is 5.32. The topological polar surface area (TPSA) is 87.1 Å². The molecule has 1 aliphatic heterocycles. The highest BCUT2D eigenvalue weighted by Gasteiger charge is 2.21. The molecule has 0 aromatic heterocycles. The van der Waals surface area contributed by atoms with Gasteiger partial charge in [-0.2, -0.15) is 0 Å². The Balaban J connectivity index is 2.39. The standard InChI is InChI=1S/C9H15NO5/c11-8(12)5-10(6-9(13)14)4-7-2-1-3-15-7/h7H,1-6H2,(H,11,12)(H,13,14). The van der Waals surface area contributed by atoms with E-state index in [0.29, 0.717) is 13.2 Å². The minimum absolute atomic E-state index is 0.0244. The summed E-state index contributed by atoms with van der Waals surface area (Å²) in [5, 5.41) is 17.2. The van der Waals surface area contributed by atoms with Crippen LogP contribution in [0.5, 0.6) is 0 Å². The average molecular weight is 217 g/mol. The molecule has 0 radical (unpaired) electrons. The summed E-state index contributed by atoms with van der Waals surface area (Å²) >= 11 is 0. The van der Waals surface area contributed by atoms with Crippen LogP contribution in [0.1, 0.15) is 12.8 Å². The fourth-order valence-corrected chi connectivity index (χ4v) is 1.64. The van der Waals surface area contributed by atoms with E-state index in [2.05, 4.69) is 0 Å². The van der Waals surface area contributed by atoms with Gasteiger partial charge in [-0.1, -0.05) is 0 Å². The first-order valence-electron chi connectivity index (χ1n) is 4.85. The van der Waals surface area contributed by atoms with Gasteiger partial charge in [0.25, 0.3) is 0 Å². The molecule has 0 bridgehead atoms. The maximum atomic E-state index is 10.5. The highest BCUT2D eigenvalue weighted by atomic mass is 16.5. The Morgan fingerprint density at radius 2 is 1.87 bits per heavy atom. The Morgan fingerprint density at radius 3 is 2.27 bits per heavy atom. The first-order chi connectivity index (χ1) is 7.08. The molecule has 1 unspecified atom stereocenters. The predicted octanol–water partition coefficient (Wildman–Crippen LogP) is -0.363. The number of nitrogens with zero attached hydrogens (tertiary/aromatic N) is 1. The van der Waals surface area contributed by atoms with Gasteiger partial charge in [0.05, 0.1) is 19.2 Å². The van der Waals surface area contributed by atoms with E-state index in [1.807, 2.05) is 0 Å². The second-order valence-electron chi connectivity index (χ2n) is 3.59. The fraction of sp³-hybridized carbons (Fsp3) is 0.778. The lowest BCUT2D eigenvalue weighted by Gasteiger charge is -2.21. The summed E-state index contributed by atoms with van der Waals surface area (Å²) in [6.45, 7) is 0.537. The van der Waals surface area contributed by atoms with E-state index < -0.39 is 11.9 Å². The van der Waals surface area contributed by atoms with Gasteiger partial charge < -0.3 is 14.9 Å². The highest BCUT2D eigenvalue weighted by Crippen LogP contribution is 2.13. The van der Waals surface area contributed by atoms with E-state index in [-0.39, 0.29) is 19.2 Å². The minimum atomic E-state index is -1.02. The van der Waals surface area contributed by atoms with Crippen molar-refractivity contribution < 1.29 is 24.5 Å². The van der Waals surface area contributed by atoms with Crippen LogP contribution in [0.4, 0.5) is 0 Å². The van der Waals surface area contributed by atoms with Gasteiger partial charge in [-0.3, -0.25) is 14.5 Å². The monoisotopic (exact) mass is 217 g/mol. The Bertz CT molecular complexity index is 221. The SMILES string of the molecule is O=C(O)CN(CC(=O)O)CC1CCCO1. The van der Waals surface area contributed by atoms with Gasteiger partial charge in [0, 0.05) is 13.2 Å². The van der Waals surface area contributed by atoms with Gasteiger partial charge in [0.2, 0.25) is 0 Å². The van der Waals surface area contributed by atoms with E-state index in [1.54, 1.807) is 0 Å². The first kappa shape index (κ1) is 11.9. The predicted molar refractivity (Wildman–Crippen MR) is 50.7 cm³/mol. The van der Waals surface area contributed by atoms with Crippen molar-refractivity contribution in [3.8, 4) is 0 Å². The number of rotatable bonds is 6. The Labute approximate surface area is 87.4 Å². The van der Waals surface area contributed by atoms with Crippen LogP contribution in [0, 0.1) is 0 Å². The van der Waals surface area contributed by atoms with Crippen molar-refractivity contribution in [2.45, 2.75) is 18.9 Å². The number of carboxylic acid groups (broad SMARTS) is 2. The molecule has 1 rings (SSSR count). The zero-order valence-corrected chi connectivity index (χ0v) is 8.39. The van der Waals surface area contributed by atoms with Gasteiger partial charge in [-0.15, -0.1) is 0 Å². The third-order valence-electron chi connectivity index (χ3n) is 2.20. The average Bonchev–Trinajstić information content (AvgIpc) is 2.53. The molecule has 0 aliphatic carbocycles. The van der Waals surface area contributed by atoms with Crippen molar-refractivity contribution >= 4 is 11.9 Å². The van der Waals surface area contributed by atoms with E-state index in [1.165, 1.54) is 4.90 Å². The van der Waals surface area contributed by atoms with Gasteiger partial charge in [-0.05, 0) is 12.8 Å². The molecule has 6 heteroatoms. The smallest absolute Gasteiger partial charge is 0.317 e. The molecule has 86 valence electrons. The van der Waals surface area contributed by atoms with E-state index >= 15 is 0 Å². The molecule has 2 N–H and O–H groups in total. The number of ether oxygens (including phenoxy) is 1. The largest absolute Gasteiger partial charge is 0.480 e. The van der Waals surface area contributed by atoms with Crippen molar-refractivity contribution in [3.63, 3.8) is 0 Å². The van der Waals surface area contributed by atoms with Crippen molar-refractivity contribution in [2.24, 2.45) is 0 Å². The lowest BCUT2D eigenvalue weighted by molar-refractivity contribution is -0.142.